The molecule has 0 spiro atoms. The van der Waals surface area contributed by atoms with Crippen LogP contribution in [0.2, 0.25) is 0 Å². The maximum atomic E-state index is 12.8. The summed E-state index contributed by atoms with van der Waals surface area (Å²) in [6.45, 7) is 2.58. The molecule has 2 aromatic carbocycles. The van der Waals surface area contributed by atoms with Crippen molar-refractivity contribution in [3.63, 3.8) is 0 Å². The number of piperazine rings is 1. The Balaban J connectivity index is 1.33. The summed E-state index contributed by atoms with van der Waals surface area (Å²) >= 11 is 1.47. The van der Waals surface area contributed by atoms with Crippen LogP contribution in [0.25, 0.3) is 10.1 Å². The van der Waals surface area contributed by atoms with Crippen molar-refractivity contribution in [1.82, 2.24) is 9.27 Å². The van der Waals surface area contributed by atoms with E-state index in [-0.39, 0.29) is 12.3 Å². The molecule has 152 valence electrons. The quantitative estimate of drug-likeness (QED) is 0.620. The molecule has 0 N–H and O–H groups in total. The average molecular weight is 419 g/mol. The van der Waals surface area contributed by atoms with Crippen molar-refractivity contribution in [2.24, 2.45) is 0 Å². The first-order valence-corrected chi connectivity index (χ1v) is 10.2. The Bertz CT molecular complexity index is 1010. The van der Waals surface area contributed by atoms with Crippen LogP contribution in [0.5, 0.6) is 0 Å². The van der Waals surface area contributed by atoms with E-state index in [1.165, 1.54) is 17.6 Å². The predicted molar refractivity (Wildman–Crippen MR) is 108 cm³/mol. The molecule has 1 saturated heterocycles. The van der Waals surface area contributed by atoms with Crippen LogP contribution in [-0.2, 0) is 17.4 Å². The Labute approximate surface area is 170 Å². The number of anilines is 1. The molecule has 1 aliphatic heterocycles. The summed E-state index contributed by atoms with van der Waals surface area (Å²) in [5, 5.41) is 1.13. The Morgan fingerprint density at radius 1 is 1.03 bits per heavy atom. The van der Waals surface area contributed by atoms with E-state index in [4.69, 9.17) is 0 Å². The summed E-state index contributed by atoms with van der Waals surface area (Å²) in [5.74, 6) is 0.937. The van der Waals surface area contributed by atoms with Gasteiger partial charge < -0.3 is 9.80 Å². The van der Waals surface area contributed by atoms with Gasteiger partial charge in [0.25, 0.3) is 0 Å². The Morgan fingerprint density at radius 2 is 1.79 bits per heavy atom. The third-order valence-electron chi connectivity index (χ3n) is 5.17. The van der Waals surface area contributed by atoms with Crippen molar-refractivity contribution in [2.45, 2.75) is 19.0 Å². The van der Waals surface area contributed by atoms with Gasteiger partial charge in [0.2, 0.25) is 5.91 Å². The topological polar surface area (TPSA) is 36.4 Å². The number of aromatic nitrogens is 1. The summed E-state index contributed by atoms with van der Waals surface area (Å²) in [6, 6.07) is 13.3. The molecule has 1 aromatic heterocycles. The van der Waals surface area contributed by atoms with Gasteiger partial charge in [0.1, 0.15) is 5.82 Å². The minimum Gasteiger partial charge on any atom is -0.352 e. The molecule has 0 unspecified atom stereocenters. The number of hydrogen-bond donors (Lipinski definition) is 0. The van der Waals surface area contributed by atoms with E-state index in [0.29, 0.717) is 38.2 Å². The van der Waals surface area contributed by atoms with Crippen LogP contribution in [-0.4, -0.2) is 41.4 Å². The maximum absolute atomic E-state index is 12.8. The Hall–Kier alpha value is -2.61. The lowest BCUT2D eigenvalue weighted by molar-refractivity contribution is -0.137. The Morgan fingerprint density at radius 3 is 2.55 bits per heavy atom. The number of benzene rings is 2. The van der Waals surface area contributed by atoms with Gasteiger partial charge in [0.05, 0.1) is 10.3 Å². The number of amides is 1. The highest BCUT2D eigenvalue weighted by molar-refractivity contribution is 7.13. The number of carbonyl (C=O) groups excluding carboxylic acids is 1. The van der Waals surface area contributed by atoms with E-state index < -0.39 is 11.7 Å². The highest BCUT2D eigenvalue weighted by Crippen LogP contribution is 2.31. The minimum absolute atomic E-state index is 0.0230. The molecule has 0 aliphatic carbocycles. The fraction of sp³-hybridized carbons (Fsp3) is 0.333. The fourth-order valence-corrected chi connectivity index (χ4v) is 4.38. The standard InChI is InChI=1S/C21H20F3N3OS/c22-21(23,24)16-5-3-4-15(14-16)8-9-19(28)26-10-12-27(13-11-26)20-17-6-1-2-7-18(17)29-25-20/h1-7,14H,8-13H2. The van der Waals surface area contributed by atoms with Gasteiger partial charge in [-0.25, -0.2) is 0 Å². The van der Waals surface area contributed by atoms with Gasteiger partial charge in [0, 0.05) is 38.0 Å². The Kier molecular flexibility index (Phi) is 5.45. The monoisotopic (exact) mass is 419 g/mol. The SMILES string of the molecule is O=C(CCc1cccc(C(F)(F)F)c1)N1CCN(c2nsc3ccccc23)CC1. The van der Waals surface area contributed by atoms with Gasteiger partial charge in [-0.3, -0.25) is 4.79 Å². The van der Waals surface area contributed by atoms with Crippen LogP contribution in [0.1, 0.15) is 17.5 Å². The normalized spacial score (nSPS) is 15.1. The zero-order valence-corrected chi connectivity index (χ0v) is 16.5. The second-order valence-electron chi connectivity index (χ2n) is 7.07. The second-order valence-corrected chi connectivity index (χ2v) is 7.87. The number of alkyl halides is 3. The second kappa shape index (κ2) is 8.02. The van der Waals surface area contributed by atoms with Crippen molar-refractivity contribution in [2.75, 3.05) is 31.1 Å². The van der Waals surface area contributed by atoms with E-state index >= 15 is 0 Å². The molecule has 0 saturated carbocycles. The molecule has 0 atom stereocenters. The van der Waals surface area contributed by atoms with Crippen LogP contribution in [0.15, 0.2) is 48.5 Å². The van der Waals surface area contributed by atoms with Crippen molar-refractivity contribution < 1.29 is 18.0 Å². The van der Waals surface area contributed by atoms with E-state index in [1.807, 2.05) is 18.2 Å². The lowest BCUT2D eigenvalue weighted by Crippen LogP contribution is -2.49. The van der Waals surface area contributed by atoms with Gasteiger partial charge in [-0.05, 0) is 41.7 Å². The molecule has 4 rings (SSSR count). The summed E-state index contributed by atoms with van der Waals surface area (Å²) in [4.78, 5) is 16.5. The summed E-state index contributed by atoms with van der Waals surface area (Å²) in [6.07, 6.45) is -3.85. The van der Waals surface area contributed by atoms with Crippen molar-refractivity contribution in [3.8, 4) is 0 Å². The molecule has 4 nitrogen and oxygen atoms in total. The summed E-state index contributed by atoms with van der Waals surface area (Å²) in [5.41, 5.74) is -0.146. The molecule has 0 radical (unpaired) electrons. The molecule has 0 bridgehead atoms. The molecule has 8 heteroatoms. The summed E-state index contributed by atoms with van der Waals surface area (Å²) < 4.78 is 44.2. The molecule has 2 heterocycles. The first-order chi connectivity index (χ1) is 13.9. The first-order valence-electron chi connectivity index (χ1n) is 9.45. The van der Waals surface area contributed by atoms with Gasteiger partial charge in [-0.1, -0.05) is 30.3 Å². The number of nitrogens with zero attached hydrogens (tertiary/aromatic N) is 3. The number of carbonyl (C=O) groups is 1. The average Bonchev–Trinajstić information content (AvgIpc) is 3.16. The number of aryl methyl sites for hydroxylation is 1. The fourth-order valence-electron chi connectivity index (χ4n) is 3.58. The number of hydrogen-bond acceptors (Lipinski definition) is 4. The predicted octanol–water partition coefficient (Wildman–Crippen LogP) is 4.60. The molecule has 1 fully saturated rings. The zero-order chi connectivity index (χ0) is 20.4. The highest BCUT2D eigenvalue weighted by Gasteiger charge is 2.30. The third-order valence-corrected chi connectivity index (χ3v) is 5.99. The smallest absolute Gasteiger partial charge is 0.352 e. The van der Waals surface area contributed by atoms with Crippen LogP contribution in [0, 0.1) is 0 Å². The van der Waals surface area contributed by atoms with E-state index in [0.717, 1.165) is 28.0 Å². The minimum atomic E-state index is -4.36. The van der Waals surface area contributed by atoms with Crippen molar-refractivity contribution in [3.05, 3.63) is 59.7 Å². The number of halogens is 3. The van der Waals surface area contributed by atoms with E-state index in [2.05, 4.69) is 15.3 Å². The van der Waals surface area contributed by atoms with Crippen LogP contribution >= 0.6 is 11.5 Å². The molecule has 1 amide bonds. The van der Waals surface area contributed by atoms with Crippen LogP contribution in [0.3, 0.4) is 0 Å². The van der Waals surface area contributed by atoms with Crippen LogP contribution in [0.4, 0.5) is 19.0 Å². The van der Waals surface area contributed by atoms with Gasteiger partial charge in [-0.15, -0.1) is 0 Å². The van der Waals surface area contributed by atoms with Crippen molar-refractivity contribution >= 4 is 33.3 Å². The van der Waals surface area contributed by atoms with E-state index in [9.17, 15) is 18.0 Å². The van der Waals surface area contributed by atoms with Crippen molar-refractivity contribution in [1.29, 1.82) is 0 Å². The lowest BCUT2D eigenvalue weighted by Gasteiger charge is -2.35. The molecular formula is C21H20F3N3OS. The molecule has 3 aromatic rings. The molecule has 29 heavy (non-hydrogen) atoms. The number of rotatable bonds is 4. The van der Waals surface area contributed by atoms with Gasteiger partial charge in [-0.2, -0.15) is 17.5 Å². The third kappa shape index (κ3) is 4.37. The highest BCUT2D eigenvalue weighted by atomic mass is 32.1. The summed E-state index contributed by atoms with van der Waals surface area (Å²) in [7, 11) is 0. The van der Waals surface area contributed by atoms with E-state index in [1.54, 1.807) is 11.0 Å². The largest absolute Gasteiger partial charge is 0.416 e. The maximum Gasteiger partial charge on any atom is 0.416 e. The van der Waals surface area contributed by atoms with Gasteiger partial charge >= 0.3 is 6.18 Å². The first kappa shape index (κ1) is 19.7. The van der Waals surface area contributed by atoms with Gasteiger partial charge in [0.15, 0.2) is 0 Å². The number of fused-ring (bicyclic) bond motifs is 1. The lowest BCUT2D eigenvalue weighted by atomic mass is 10.1. The molecule has 1 aliphatic rings. The van der Waals surface area contributed by atoms with Crippen LogP contribution < -0.4 is 4.90 Å². The zero-order valence-electron chi connectivity index (χ0n) is 15.7. The molecular weight excluding hydrogens is 399 g/mol.